The van der Waals surface area contributed by atoms with Crippen molar-refractivity contribution in [3.63, 3.8) is 0 Å². The van der Waals surface area contributed by atoms with Gasteiger partial charge in [-0.25, -0.2) is 4.79 Å². The Kier molecular flexibility index (Phi) is 11.9. The molecule has 9 heteroatoms. The number of aliphatic carboxylic acids is 1. The van der Waals surface area contributed by atoms with Crippen LogP contribution in [0.15, 0.2) is 60.7 Å². The standard InChI is InChI=1S/C29H40N4O5/c1-18(2)15-22(30)26(34)33-25(19(3)4)28(36)31-23(16-20-11-7-5-8-12-20)27(35)32-24(29(37)38)17-21-13-9-6-10-14-21/h5-14,18-19,22-25H,15-17,30H2,1-4H3,(H,31,36)(H,32,35)(H,33,34)(H,37,38). The number of carbonyl (C=O) groups is 4. The van der Waals surface area contributed by atoms with Crippen LogP contribution in [0.4, 0.5) is 0 Å². The monoisotopic (exact) mass is 524 g/mol. The first-order valence-electron chi connectivity index (χ1n) is 12.9. The molecule has 3 amide bonds. The molecule has 0 saturated carbocycles. The molecule has 0 heterocycles. The lowest BCUT2D eigenvalue weighted by molar-refractivity contribution is -0.142. The van der Waals surface area contributed by atoms with Gasteiger partial charge < -0.3 is 26.8 Å². The fourth-order valence-corrected chi connectivity index (χ4v) is 4.05. The summed E-state index contributed by atoms with van der Waals surface area (Å²) >= 11 is 0. The smallest absolute Gasteiger partial charge is 0.326 e. The Hall–Kier alpha value is -3.72. The molecule has 4 atom stereocenters. The van der Waals surface area contributed by atoms with Gasteiger partial charge in [0.1, 0.15) is 18.1 Å². The summed E-state index contributed by atoms with van der Waals surface area (Å²) in [6, 6.07) is 14.1. The van der Waals surface area contributed by atoms with Crippen molar-refractivity contribution in [1.82, 2.24) is 16.0 Å². The minimum absolute atomic E-state index is 0.0896. The van der Waals surface area contributed by atoms with E-state index in [4.69, 9.17) is 5.73 Å². The third kappa shape index (κ3) is 9.97. The van der Waals surface area contributed by atoms with E-state index in [0.29, 0.717) is 6.42 Å². The van der Waals surface area contributed by atoms with Crippen LogP contribution in [-0.2, 0) is 32.0 Å². The number of amides is 3. The van der Waals surface area contributed by atoms with Crippen LogP contribution in [0.3, 0.4) is 0 Å². The van der Waals surface area contributed by atoms with Crippen molar-refractivity contribution in [2.75, 3.05) is 0 Å². The predicted octanol–water partition coefficient (Wildman–Crippen LogP) is 2.04. The highest BCUT2D eigenvalue weighted by Crippen LogP contribution is 2.10. The van der Waals surface area contributed by atoms with E-state index >= 15 is 0 Å². The number of carbonyl (C=O) groups excluding carboxylic acids is 3. The van der Waals surface area contributed by atoms with Crippen LogP contribution >= 0.6 is 0 Å². The fourth-order valence-electron chi connectivity index (χ4n) is 4.05. The third-order valence-corrected chi connectivity index (χ3v) is 6.12. The maximum absolute atomic E-state index is 13.3. The van der Waals surface area contributed by atoms with Crippen LogP contribution in [0.5, 0.6) is 0 Å². The molecule has 6 N–H and O–H groups in total. The van der Waals surface area contributed by atoms with E-state index in [2.05, 4.69) is 16.0 Å². The summed E-state index contributed by atoms with van der Waals surface area (Å²) in [5.74, 6) is -2.87. The molecule has 0 saturated heterocycles. The van der Waals surface area contributed by atoms with E-state index in [9.17, 15) is 24.3 Å². The largest absolute Gasteiger partial charge is 0.480 e. The zero-order valence-corrected chi connectivity index (χ0v) is 22.5. The van der Waals surface area contributed by atoms with Gasteiger partial charge in [0.2, 0.25) is 17.7 Å². The third-order valence-electron chi connectivity index (χ3n) is 6.12. The van der Waals surface area contributed by atoms with Crippen LogP contribution in [0.2, 0.25) is 0 Å². The van der Waals surface area contributed by atoms with Crippen molar-refractivity contribution in [3.8, 4) is 0 Å². The highest BCUT2D eigenvalue weighted by molar-refractivity contribution is 5.94. The molecule has 0 bridgehead atoms. The van der Waals surface area contributed by atoms with Gasteiger partial charge in [-0.05, 0) is 29.4 Å². The molecule has 0 radical (unpaired) electrons. The van der Waals surface area contributed by atoms with Crippen LogP contribution in [-0.4, -0.2) is 53.0 Å². The normalized spacial score (nSPS) is 14.3. The molecule has 0 spiro atoms. The average Bonchev–Trinajstić information content (AvgIpc) is 2.86. The van der Waals surface area contributed by atoms with E-state index in [1.54, 1.807) is 38.1 Å². The lowest BCUT2D eigenvalue weighted by Crippen LogP contribution is -2.59. The Morgan fingerprint density at radius 1 is 0.711 bits per heavy atom. The van der Waals surface area contributed by atoms with Gasteiger partial charge in [0.25, 0.3) is 0 Å². The Morgan fingerprint density at radius 3 is 1.63 bits per heavy atom. The first-order chi connectivity index (χ1) is 18.0. The van der Waals surface area contributed by atoms with Gasteiger partial charge >= 0.3 is 5.97 Å². The molecule has 2 aromatic rings. The van der Waals surface area contributed by atoms with Gasteiger partial charge in [0, 0.05) is 12.8 Å². The molecular weight excluding hydrogens is 484 g/mol. The molecule has 0 fully saturated rings. The molecule has 2 rings (SSSR count). The first kappa shape index (κ1) is 30.5. The summed E-state index contributed by atoms with van der Waals surface area (Å²) < 4.78 is 0. The van der Waals surface area contributed by atoms with E-state index in [1.807, 2.05) is 50.2 Å². The molecule has 9 nitrogen and oxygen atoms in total. The van der Waals surface area contributed by atoms with Crippen LogP contribution in [0, 0.1) is 11.8 Å². The molecule has 38 heavy (non-hydrogen) atoms. The van der Waals surface area contributed by atoms with E-state index in [-0.39, 0.29) is 24.7 Å². The fraction of sp³-hybridized carbons (Fsp3) is 0.448. The zero-order chi connectivity index (χ0) is 28.2. The summed E-state index contributed by atoms with van der Waals surface area (Å²) in [6.07, 6.45) is 0.698. The maximum Gasteiger partial charge on any atom is 0.326 e. The molecule has 0 aliphatic rings. The van der Waals surface area contributed by atoms with E-state index in [1.165, 1.54) is 0 Å². The maximum atomic E-state index is 13.3. The topological polar surface area (TPSA) is 151 Å². The molecule has 4 unspecified atom stereocenters. The number of nitrogens with two attached hydrogens (primary N) is 1. The molecule has 0 aliphatic heterocycles. The highest BCUT2D eigenvalue weighted by atomic mass is 16.4. The van der Waals surface area contributed by atoms with Gasteiger partial charge in [-0.3, -0.25) is 14.4 Å². The van der Waals surface area contributed by atoms with Gasteiger partial charge in [-0.15, -0.1) is 0 Å². The number of benzene rings is 2. The van der Waals surface area contributed by atoms with Crippen LogP contribution < -0.4 is 21.7 Å². The average molecular weight is 525 g/mol. The van der Waals surface area contributed by atoms with Gasteiger partial charge in [0.15, 0.2) is 0 Å². The number of carboxylic acids is 1. The summed E-state index contributed by atoms with van der Waals surface area (Å²) in [6.45, 7) is 7.47. The zero-order valence-electron chi connectivity index (χ0n) is 22.5. The Bertz CT molecular complexity index is 1060. The van der Waals surface area contributed by atoms with Gasteiger partial charge in [0.05, 0.1) is 6.04 Å². The second-order valence-corrected chi connectivity index (χ2v) is 10.3. The molecule has 2 aromatic carbocycles. The minimum Gasteiger partial charge on any atom is -0.480 e. The van der Waals surface area contributed by atoms with Crippen molar-refractivity contribution >= 4 is 23.7 Å². The summed E-state index contributed by atoms with van der Waals surface area (Å²) in [5.41, 5.74) is 7.54. The Labute approximate surface area is 224 Å². The number of hydrogen-bond acceptors (Lipinski definition) is 5. The van der Waals surface area contributed by atoms with Crippen molar-refractivity contribution < 1.29 is 24.3 Å². The Morgan fingerprint density at radius 2 is 1.18 bits per heavy atom. The second-order valence-electron chi connectivity index (χ2n) is 10.3. The lowest BCUT2D eigenvalue weighted by atomic mass is 9.99. The van der Waals surface area contributed by atoms with Crippen molar-refractivity contribution in [1.29, 1.82) is 0 Å². The molecule has 0 aliphatic carbocycles. The quantitative estimate of drug-likeness (QED) is 0.255. The molecule has 206 valence electrons. The molecular formula is C29H40N4O5. The van der Waals surface area contributed by atoms with Gasteiger partial charge in [-0.1, -0.05) is 88.4 Å². The lowest BCUT2D eigenvalue weighted by Gasteiger charge is -2.27. The number of carboxylic acid groups (broad SMARTS) is 1. The summed E-state index contributed by atoms with van der Waals surface area (Å²) in [4.78, 5) is 51.2. The first-order valence-corrected chi connectivity index (χ1v) is 12.9. The van der Waals surface area contributed by atoms with Crippen molar-refractivity contribution in [3.05, 3.63) is 71.8 Å². The van der Waals surface area contributed by atoms with Crippen LogP contribution in [0.25, 0.3) is 0 Å². The number of nitrogens with one attached hydrogen (secondary N) is 3. The summed E-state index contributed by atoms with van der Waals surface area (Å²) in [5, 5.41) is 17.8. The SMILES string of the molecule is CC(C)CC(N)C(=O)NC(C(=O)NC(Cc1ccccc1)C(=O)NC(Cc1ccccc1)C(=O)O)C(C)C. The summed E-state index contributed by atoms with van der Waals surface area (Å²) in [7, 11) is 0. The predicted molar refractivity (Wildman–Crippen MR) is 146 cm³/mol. The van der Waals surface area contributed by atoms with E-state index < -0.39 is 47.9 Å². The van der Waals surface area contributed by atoms with Gasteiger partial charge in [-0.2, -0.15) is 0 Å². The molecule has 0 aromatic heterocycles. The highest BCUT2D eigenvalue weighted by Gasteiger charge is 2.32. The van der Waals surface area contributed by atoms with Crippen LogP contribution in [0.1, 0.15) is 45.2 Å². The Balaban J connectivity index is 2.22. The minimum atomic E-state index is -1.19. The van der Waals surface area contributed by atoms with Crippen molar-refractivity contribution in [2.24, 2.45) is 17.6 Å². The van der Waals surface area contributed by atoms with Crippen molar-refractivity contribution in [2.45, 2.75) is 71.1 Å². The number of hydrogen-bond donors (Lipinski definition) is 5. The second kappa shape index (κ2) is 14.9. The number of rotatable bonds is 14. The van der Waals surface area contributed by atoms with E-state index in [0.717, 1.165) is 11.1 Å².